The van der Waals surface area contributed by atoms with Crippen molar-refractivity contribution in [3.8, 4) is 0 Å². The molecule has 0 heterocycles. The van der Waals surface area contributed by atoms with Crippen molar-refractivity contribution in [3.63, 3.8) is 0 Å². The van der Waals surface area contributed by atoms with Gasteiger partial charge in [-0.25, -0.2) is 0 Å². The standard InChI is InChI=1S/C16H16Cl4/c17-7-5-6-8-9(11(12(7)18)14(6)1-2-14)15(3-4-15)13-10(8)16(13,19)20/h5-6,8-13H,1-4H2/t6-,8+,9+,10+,11+,12-,13-/m0/s1. The average molecular weight is 350 g/mol. The van der Waals surface area contributed by atoms with Gasteiger partial charge in [-0.3, -0.25) is 0 Å². The van der Waals surface area contributed by atoms with Crippen molar-refractivity contribution in [2.24, 2.45) is 46.3 Å². The minimum Gasteiger partial charge on any atom is -0.117 e. The number of rotatable bonds is 0. The van der Waals surface area contributed by atoms with Gasteiger partial charge in [0.15, 0.2) is 0 Å². The molecule has 20 heavy (non-hydrogen) atoms. The molecular formula is C16H16Cl4. The molecule has 2 spiro atoms. The van der Waals surface area contributed by atoms with Crippen LogP contribution < -0.4 is 0 Å². The molecule has 5 saturated carbocycles. The van der Waals surface area contributed by atoms with Gasteiger partial charge < -0.3 is 0 Å². The number of halogens is 4. The van der Waals surface area contributed by atoms with Crippen LogP contribution in [-0.4, -0.2) is 9.71 Å². The second-order valence-corrected chi connectivity index (χ2v) is 10.6. The lowest BCUT2D eigenvalue weighted by Gasteiger charge is -2.36. The van der Waals surface area contributed by atoms with E-state index in [-0.39, 0.29) is 5.38 Å². The fourth-order valence-corrected chi connectivity index (χ4v) is 9.05. The molecule has 6 aliphatic rings. The summed E-state index contributed by atoms with van der Waals surface area (Å²) in [7, 11) is 0. The Kier molecular flexibility index (Phi) is 1.91. The first kappa shape index (κ1) is 12.3. The number of hydrogen-bond donors (Lipinski definition) is 0. The fraction of sp³-hybridized carbons (Fsp3) is 0.875. The van der Waals surface area contributed by atoms with Crippen molar-refractivity contribution >= 4 is 46.4 Å². The fourth-order valence-electron chi connectivity index (χ4n) is 7.18. The smallest absolute Gasteiger partial charge is 0.117 e. The molecule has 0 unspecified atom stereocenters. The van der Waals surface area contributed by atoms with Crippen LogP contribution in [-0.2, 0) is 0 Å². The average Bonchev–Trinajstić information content (AvgIpc) is 3.23. The molecule has 6 rings (SSSR count). The Hall–Kier alpha value is 0.900. The summed E-state index contributed by atoms with van der Waals surface area (Å²) in [5.41, 5.74) is 0.892. The van der Waals surface area contributed by atoms with E-state index in [4.69, 9.17) is 46.4 Å². The Balaban J connectivity index is 1.56. The molecule has 0 amide bonds. The molecule has 0 aromatic heterocycles. The maximum atomic E-state index is 6.77. The topological polar surface area (TPSA) is 0 Å². The van der Waals surface area contributed by atoms with Crippen molar-refractivity contribution < 1.29 is 0 Å². The van der Waals surface area contributed by atoms with Crippen LogP contribution in [0.2, 0.25) is 0 Å². The molecule has 2 bridgehead atoms. The zero-order chi connectivity index (χ0) is 13.7. The van der Waals surface area contributed by atoms with Gasteiger partial charge in [-0.05, 0) is 60.2 Å². The Morgan fingerprint density at radius 3 is 2.20 bits per heavy atom. The van der Waals surface area contributed by atoms with Gasteiger partial charge >= 0.3 is 0 Å². The summed E-state index contributed by atoms with van der Waals surface area (Å²) < 4.78 is -0.451. The van der Waals surface area contributed by atoms with E-state index in [2.05, 4.69) is 6.08 Å². The van der Waals surface area contributed by atoms with Crippen LogP contribution in [0, 0.1) is 46.3 Å². The molecule has 0 aromatic carbocycles. The molecular weight excluding hydrogens is 334 g/mol. The molecule has 108 valence electrons. The second kappa shape index (κ2) is 3.10. The highest BCUT2D eigenvalue weighted by Crippen LogP contribution is 2.92. The third kappa shape index (κ3) is 1.02. The van der Waals surface area contributed by atoms with Gasteiger partial charge in [0.1, 0.15) is 4.33 Å². The lowest BCUT2D eigenvalue weighted by Crippen LogP contribution is -2.35. The third-order valence-corrected chi connectivity index (χ3v) is 9.88. The molecule has 0 aromatic rings. The molecule has 4 heteroatoms. The largest absolute Gasteiger partial charge is 0.125 e. The summed E-state index contributed by atoms with van der Waals surface area (Å²) in [5, 5.41) is 0.941. The Morgan fingerprint density at radius 1 is 0.950 bits per heavy atom. The highest BCUT2D eigenvalue weighted by Gasteiger charge is 2.90. The summed E-state index contributed by atoms with van der Waals surface area (Å²) in [6.07, 6.45) is 7.61. The van der Waals surface area contributed by atoms with Crippen molar-refractivity contribution in [2.75, 3.05) is 0 Å². The van der Waals surface area contributed by atoms with Gasteiger partial charge in [-0.1, -0.05) is 17.7 Å². The summed E-state index contributed by atoms with van der Waals surface area (Å²) in [6, 6.07) is 0. The van der Waals surface area contributed by atoms with Crippen LogP contribution in [0.25, 0.3) is 0 Å². The first-order chi connectivity index (χ1) is 9.45. The van der Waals surface area contributed by atoms with E-state index < -0.39 is 4.33 Å². The first-order valence-corrected chi connectivity index (χ1v) is 9.41. The number of alkyl halides is 3. The van der Waals surface area contributed by atoms with Crippen molar-refractivity contribution in [3.05, 3.63) is 11.1 Å². The maximum Gasteiger partial charge on any atom is 0.125 e. The zero-order valence-corrected chi connectivity index (χ0v) is 14.0. The van der Waals surface area contributed by atoms with Crippen LogP contribution in [0.15, 0.2) is 11.1 Å². The van der Waals surface area contributed by atoms with Gasteiger partial charge in [0.25, 0.3) is 0 Å². The second-order valence-electron chi connectivity index (χ2n) is 8.25. The normalized spacial score (nSPS) is 60.2. The van der Waals surface area contributed by atoms with Crippen molar-refractivity contribution in [1.29, 1.82) is 0 Å². The minimum atomic E-state index is -0.451. The van der Waals surface area contributed by atoms with Crippen LogP contribution in [0.5, 0.6) is 0 Å². The third-order valence-electron chi connectivity index (χ3n) is 7.92. The van der Waals surface area contributed by atoms with Gasteiger partial charge in [0, 0.05) is 16.9 Å². The minimum absolute atomic E-state index is 0.0421. The maximum absolute atomic E-state index is 6.77. The quantitative estimate of drug-likeness (QED) is 0.527. The Morgan fingerprint density at radius 2 is 1.60 bits per heavy atom. The molecule has 7 atom stereocenters. The van der Waals surface area contributed by atoms with E-state index in [0.717, 1.165) is 11.0 Å². The highest BCUT2D eigenvalue weighted by atomic mass is 35.5. The zero-order valence-electron chi connectivity index (χ0n) is 11.0. The van der Waals surface area contributed by atoms with E-state index in [1.807, 2.05) is 0 Å². The van der Waals surface area contributed by atoms with Gasteiger partial charge in [-0.15, -0.1) is 34.8 Å². The molecule has 0 radical (unpaired) electrons. The lowest BCUT2D eigenvalue weighted by molar-refractivity contribution is 0.182. The molecule has 0 N–H and O–H groups in total. The molecule has 6 aliphatic carbocycles. The predicted octanol–water partition coefficient (Wildman–Crippen LogP) is 5.20. The van der Waals surface area contributed by atoms with Gasteiger partial charge in [-0.2, -0.15) is 0 Å². The first-order valence-electron chi connectivity index (χ1n) is 7.84. The number of allylic oxidation sites excluding steroid dienone is 2. The van der Waals surface area contributed by atoms with Crippen LogP contribution in [0.1, 0.15) is 25.7 Å². The molecule has 5 fully saturated rings. The van der Waals surface area contributed by atoms with E-state index in [0.29, 0.717) is 40.4 Å². The van der Waals surface area contributed by atoms with Gasteiger partial charge in [0.05, 0.1) is 5.38 Å². The van der Waals surface area contributed by atoms with E-state index in [1.165, 1.54) is 25.7 Å². The lowest BCUT2D eigenvalue weighted by atomic mass is 9.72. The van der Waals surface area contributed by atoms with E-state index in [9.17, 15) is 0 Å². The Bertz CT molecular complexity index is 571. The molecule has 0 nitrogen and oxygen atoms in total. The molecule has 0 saturated heterocycles. The van der Waals surface area contributed by atoms with Crippen molar-refractivity contribution in [1.82, 2.24) is 0 Å². The van der Waals surface area contributed by atoms with Crippen LogP contribution in [0.3, 0.4) is 0 Å². The summed E-state index contributed by atoms with van der Waals surface area (Å²) in [6.45, 7) is 0. The van der Waals surface area contributed by atoms with Crippen LogP contribution in [0.4, 0.5) is 0 Å². The highest BCUT2D eigenvalue weighted by molar-refractivity contribution is 6.51. The predicted molar refractivity (Wildman–Crippen MR) is 82.3 cm³/mol. The summed E-state index contributed by atoms with van der Waals surface area (Å²) >= 11 is 26.6. The van der Waals surface area contributed by atoms with E-state index >= 15 is 0 Å². The molecule has 0 aliphatic heterocycles. The van der Waals surface area contributed by atoms with Crippen molar-refractivity contribution in [2.45, 2.75) is 35.4 Å². The monoisotopic (exact) mass is 348 g/mol. The Labute approximate surface area is 139 Å². The number of fused-ring (bicyclic) bond motifs is 7. The van der Waals surface area contributed by atoms with E-state index in [1.54, 1.807) is 0 Å². The van der Waals surface area contributed by atoms with Crippen LogP contribution >= 0.6 is 46.4 Å². The van der Waals surface area contributed by atoms with Gasteiger partial charge in [0.2, 0.25) is 0 Å². The summed E-state index contributed by atoms with van der Waals surface area (Å²) in [4.78, 5) is 0. The SMILES string of the molecule is ClC1=C[C@H]2[C@H]3[C@@H]4[C@H](C4(Cl)Cl)C4(CC4)[C@H]3[C@H]([C@H]1Cl)C21CC1. The number of hydrogen-bond acceptors (Lipinski definition) is 0. The summed E-state index contributed by atoms with van der Waals surface area (Å²) in [5.74, 6) is 3.65.